The van der Waals surface area contributed by atoms with Gasteiger partial charge in [0.2, 0.25) is 0 Å². The highest BCUT2D eigenvalue weighted by atomic mass is 19.1. The molecule has 1 aromatic rings. The summed E-state index contributed by atoms with van der Waals surface area (Å²) >= 11 is 0. The first-order valence-corrected chi connectivity index (χ1v) is 5.60. The zero-order valence-electron chi connectivity index (χ0n) is 10.7. The number of carbonyl (C=O) groups is 2. The Bertz CT molecular complexity index is 540. The number of esters is 2. The molecule has 0 aliphatic carbocycles. The first-order chi connectivity index (χ1) is 9.08. The number of rotatable bonds is 3. The van der Waals surface area contributed by atoms with E-state index < -0.39 is 17.8 Å². The molecule has 0 N–H and O–H groups in total. The van der Waals surface area contributed by atoms with E-state index in [9.17, 15) is 14.0 Å². The van der Waals surface area contributed by atoms with Crippen molar-refractivity contribution in [3.63, 3.8) is 0 Å². The first-order valence-electron chi connectivity index (χ1n) is 5.60. The van der Waals surface area contributed by atoms with Gasteiger partial charge in [-0.25, -0.2) is 9.18 Å². The molecule has 1 aromatic carbocycles. The van der Waals surface area contributed by atoms with Crippen molar-refractivity contribution in [1.29, 1.82) is 0 Å². The Labute approximate surface area is 110 Å². The van der Waals surface area contributed by atoms with E-state index in [1.54, 1.807) is 6.92 Å². The van der Waals surface area contributed by atoms with E-state index in [0.717, 1.165) is 6.07 Å². The fourth-order valence-corrected chi connectivity index (χ4v) is 1.29. The van der Waals surface area contributed by atoms with Crippen LogP contribution in [0.4, 0.5) is 4.39 Å². The molecule has 5 heteroatoms. The van der Waals surface area contributed by atoms with Crippen molar-refractivity contribution in [3.05, 3.63) is 35.1 Å². The van der Waals surface area contributed by atoms with Crippen LogP contribution in [0.15, 0.2) is 18.2 Å². The number of hydrogen-bond acceptors (Lipinski definition) is 4. The summed E-state index contributed by atoms with van der Waals surface area (Å²) in [4.78, 5) is 22.3. The number of halogens is 1. The van der Waals surface area contributed by atoms with Crippen LogP contribution in [0, 0.1) is 17.7 Å². The third-order valence-corrected chi connectivity index (χ3v) is 2.15. The molecule has 0 aliphatic rings. The zero-order chi connectivity index (χ0) is 14.3. The quantitative estimate of drug-likeness (QED) is 0.618. The molecule has 1 rings (SSSR count). The van der Waals surface area contributed by atoms with Crippen LogP contribution >= 0.6 is 0 Å². The summed E-state index contributed by atoms with van der Waals surface area (Å²) in [6.07, 6.45) is -0.129. The summed E-state index contributed by atoms with van der Waals surface area (Å²) in [7, 11) is 1.23. The first kappa shape index (κ1) is 14.7. The van der Waals surface area contributed by atoms with Crippen molar-refractivity contribution in [2.24, 2.45) is 0 Å². The van der Waals surface area contributed by atoms with Crippen molar-refractivity contribution in [3.8, 4) is 11.8 Å². The summed E-state index contributed by atoms with van der Waals surface area (Å²) in [5, 5.41) is 0. The lowest BCUT2D eigenvalue weighted by Gasteiger charge is -2.00. The molecule has 0 atom stereocenters. The van der Waals surface area contributed by atoms with Gasteiger partial charge >= 0.3 is 11.9 Å². The summed E-state index contributed by atoms with van der Waals surface area (Å²) < 4.78 is 22.6. The number of ether oxygens (including phenoxy) is 2. The molecule has 0 amide bonds. The largest absolute Gasteiger partial charge is 0.465 e. The minimum atomic E-state index is -0.576. The molecule has 0 unspecified atom stereocenters. The highest BCUT2D eigenvalue weighted by molar-refractivity contribution is 5.89. The van der Waals surface area contributed by atoms with E-state index in [0.29, 0.717) is 0 Å². The lowest BCUT2D eigenvalue weighted by Crippen LogP contribution is -2.03. The molecule has 0 aromatic heterocycles. The van der Waals surface area contributed by atoms with Crippen molar-refractivity contribution in [1.82, 2.24) is 0 Å². The number of carbonyl (C=O) groups excluding carboxylic acids is 2. The summed E-state index contributed by atoms with van der Waals surface area (Å²) in [5.74, 6) is 3.37. The average molecular weight is 264 g/mol. The van der Waals surface area contributed by atoms with Gasteiger partial charge in [-0.2, -0.15) is 0 Å². The summed E-state index contributed by atoms with van der Waals surface area (Å²) in [6, 6.07) is 3.71. The molecule has 4 nitrogen and oxygen atoms in total. The predicted molar refractivity (Wildman–Crippen MR) is 65.9 cm³/mol. The maximum absolute atomic E-state index is 13.4. The number of hydrogen-bond donors (Lipinski definition) is 0. The smallest absolute Gasteiger partial charge is 0.337 e. The highest BCUT2D eigenvalue weighted by Crippen LogP contribution is 2.10. The molecule has 0 aliphatic heterocycles. The Morgan fingerprint density at radius 3 is 2.74 bits per heavy atom. The van der Waals surface area contributed by atoms with Crippen LogP contribution in [0.25, 0.3) is 0 Å². The maximum Gasteiger partial charge on any atom is 0.337 e. The second kappa shape index (κ2) is 7.17. The minimum Gasteiger partial charge on any atom is -0.465 e. The van der Waals surface area contributed by atoms with Crippen LogP contribution < -0.4 is 0 Å². The Hall–Kier alpha value is -2.35. The second-order valence-electron chi connectivity index (χ2n) is 3.47. The van der Waals surface area contributed by atoms with Gasteiger partial charge in [0.15, 0.2) is 0 Å². The Morgan fingerprint density at radius 2 is 2.11 bits per heavy atom. The van der Waals surface area contributed by atoms with Crippen LogP contribution in [0.3, 0.4) is 0 Å². The predicted octanol–water partition coefficient (Wildman–Crippen LogP) is 1.92. The van der Waals surface area contributed by atoms with Gasteiger partial charge in [0.05, 0.1) is 24.8 Å². The van der Waals surface area contributed by atoms with Gasteiger partial charge in [-0.05, 0) is 25.1 Å². The molecule has 100 valence electrons. The van der Waals surface area contributed by atoms with E-state index in [1.165, 1.54) is 19.2 Å². The highest BCUT2D eigenvalue weighted by Gasteiger charge is 2.08. The van der Waals surface area contributed by atoms with Crippen LogP contribution in [-0.4, -0.2) is 25.7 Å². The molecule has 0 saturated carbocycles. The Kier molecular flexibility index (Phi) is 5.55. The molecule has 0 radical (unpaired) electrons. The molecule has 0 bridgehead atoms. The van der Waals surface area contributed by atoms with E-state index in [-0.39, 0.29) is 24.2 Å². The summed E-state index contributed by atoms with van der Waals surface area (Å²) in [5.41, 5.74) is 0.233. The molecule has 0 heterocycles. The van der Waals surface area contributed by atoms with Gasteiger partial charge in [-0.3, -0.25) is 4.79 Å². The van der Waals surface area contributed by atoms with Crippen LogP contribution in [0.5, 0.6) is 0 Å². The third-order valence-electron chi connectivity index (χ3n) is 2.15. The summed E-state index contributed by atoms with van der Waals surface area (Å²) in [6.45, 7) is 1.96. The molecule has 19 heavy (non-hydrogen) atoms. The van der Waals surface area contributed by atoms with Gasteiger partial charge in [0.25, 0.3) is 0 Å². The van der Waals surface area contributed by atoms with Crippen molar-refractivity contribution < 1.29 is 23.5 Å². The van der Waals surface area contributed by atoms with Crippen LogP contribution in [0.1, 0.15) is 29.3 Å². The fraction of sp³-hybridized carbons (Fsp3) is 0.286. The molecule has 0 fully saturated rings. The minimum absolute atomic E-state index is 0.0344. The van der Waals surface area contributed by atoms with Gasteiger partial charge in [0, 0.05) is 0 Å². The normalized spacial score (nSPS) is 9.21. The van der Waals surface area contributed by atoms with Gasteiger partial charge < -0.3 is 9.47 Å². The maximum atomic E-state index is 13.4. The standard InChI is InChI=1S/C14H13FO4/c1-3-19-13(16)6-4-5-10-9-11(14(17)18-2)7-8-12(10)15/h7-9H,3,6H2,1-2H3. The van der Waals surface area contributed by atoms with E-state index in [2.05, 4.69) is 21.3 Å². The average Bonchev–Trinajstić information content (AvgIpc) is 2.40. The topological polar surface area (TPSA) is 52.6 Å². The molecule has 0 spiro atoms. The second-order valence-corrected chi connectivity index (χ2v) is 3.47. The van der Waals surface area contributed by atoms with Crippen LogP contribution in [0.2, 0.25) is 0 Å². The lowest BCUT2D eigenvalue weighted by atomic mass is 10.1. The van der Waals surface area contributed by atoms with Crippen LogP contribution in [-0.2, 0) is 14.3 Å². The van der Waals surface area contributed by atoms with Gasteiger partial charge in [-0.15, -0.1) is 0 Å². The van der Waals surface area contributed by atoms with Gasteiger partial charge in [-0.1, -0.05) is 11.8 Å². The zero-order valence-corrected chi connectivity index (χ0v) is 10.7. The van der Waals surface area contributed by atoms with Crippen molar-refractivity contribution in [2.45, 2.75) is 13.3 Å². The Morgan fingerprint density at radius 1 is 1.37 bits per heavy atom. The lowest BCUT2D eigenvalue weighted by molar-refractivity contribution is -0.141. The Balaban J connectivity index is 2.86. The van der Waals surface area contributed by atoms with Crippen molar-refractivity contribution in [2.75, 3.05) is 13.7 Å². The van der Waals surface area contributed by atoms with E-state index in [1.807, 2.05) is 0 Å². The molecule has 0 saturated heterocycles. The molecular weight excluding hydrogens is 251 g/mol. The molecular formula is C14H13FO4. The van der Waals surface area contributed by atoms with Crippen molar-refractivity contribution >= 4 is 11.9 Å². The SMILES string of the molecule is CCOC(=O)CC#Cc1cc(C(=O)OC)ccc1F. The van der Waals surface area contributed by atoms with Gasteiger partial charge in [0.1, 0.15) is 12.2 Å². The fourth-order valence-electron chi connectivity index (χ4n) is 1.29. The number of benzene rings is 1. The number of methoxy groups -OCH3 is 1. The monoisotopic (exact) mass is 264 g/mol. The third kappa shape index (κ3) is 4.43. The van der Waals surface area contributed by atoms with E-state index in [4.69, 9.17) is 0 Å². The van der Waals surface area contributed by atoms with E-state index >= 15 is 0 Å².